The minimum Gasteiger partial charge on any atom is -0.481 e. The minimum absolute atomic E-state index is 0.122. The fraction of sp³-hybridized carbons (Fsp3) is 0.917. The highest BCUT2D eigenvalue weighted by molar-refractivity contribution is 5.70. The molecule has 2 fully saturated rings. The third-order valence-corrected chi connectivity index (χ3v) is 4.10. The lowest BCUT2D eigenvalue weighted by molar-refractivity contribution is -0.143. The molecule has 2 aliphatic rings. The number of aliphatic carboxylic acids is 1. The van der Waals surface area contributed by atoms with Gasteiger partial charge in [0.25, 0.3) is 0 Å². The summed E-state index contributed by atoms with van der Waals surface area (Å²) < 4.78 is 5.41. The number of hydrogen-bond acceptors (Lipinski definition) is 3. The summed E-state index contributed by atoms with van der Waals surface area (Å²) in [6, 6.07) is 0.539. The summed E-state index contributed by atoms with van der Waals surface area (Å²) in [4.78, 5) is 13.3. The van der Waals surface area contributed by atoms with Gasteiger partial charge in [-0.15, -0.1) is 0 Å². The van der Waals surface area contributed by atoms with Gasteiger partial charge in [-0.05, 0) is 45.2 Å². The predicted molar refractivity (Wildman–Crippen MR) is 60.3 cm³/mol. The maximum atomic E-state index is 10.8. The molecule has 0 saturated carbocycles. The number of rotatable bonds is 3. The summed E-state index contributed by atoms with van der Waals surface area (Å²) in [7, 11) is 0. The van der Waals surface area contributed by atoms with Gasteiger partial charge < -0.3 is 14.7 Å². The molecule has 4 nitrogen and oxygen atoms in total. The molecule has 0 radical (unpaired) electrons. The van der Waals surface area contributed by atoms with E-state index in [2.05, 4.69) is 11.8 Å². The van der Waals surface area contributed by atoms with E-state index in [0.29, 0.717) is 12.0 Å². The highest BCUT2D eigenvalue weighted by Gasteiger charge is 2.31. The van der Waals surface area contributed by atoms with E-state index in [1.807, 2.05) is 0 Å². The van der Waals surface area contributed by atoms with Gasteiger partial charge in [-0.2, -0.15) is 0 Å². The lowest BCUT2D eigenvalue weighted by Crippen LogP contribution is -2.44. The Morgan fingerprint density at radius 1 is 1.38 bits per heavy atom. The summed E-state index contributed by atoms with van der Waals surface area (Å²) in [6.07, 6.45) is 2.75. The Balaban J connectivity index is 1.81. The number of carboxylic acids is 1. The molecule has 0 amide bonds. The van der Waals surface area contributed by atoms with Crippen molar-refractivity contribution >= 4 is 5.97 Å². The van der Waals surface area contributed by atoms with Gasteiger partial charge in [0.1, 0.15) is 0 Å². The molecule has 92 valence electrons. The quantitative estimate of drug-likeness (QED) is 0.787. The summed E-state index contributed by atoms with van der Waals surface area (Å²) in [6.45, 7) is 5.87. The Morgan fingerprint density at radius 3 is 2.56 bits per heavy atom. The number of likely N-dealkylation sites (tertiary alicyclic amines) is 1. The van der Waals surface area contributed by atoms with E-state index < -0.39 is 5.97 Å². The number of hydrogen-bond donors (Lipinski definition) is 1. The monoisotopic (exact) mass is 227 g/mol. The zero-order valence-corrected chi connectivity index (χ0v) is 9.89. The van der Waals surface area contributed by atoms with E-state index in [1.165, 1.54) is 0 Å². The molecular formula is C12H21NO3. The van der Waals surface area contributed by atoms with Crippen LogP contribution in [-0.4, -0.2) is 48.3 Å². The molecule has 16 heavy (non-hydrogen) atoms. The molecule has 2 saturated heterocycles. The Labute approximate surface area is 96.6 Å². The molecule has 2 rings (SSSR count). The van der Waals surface area contributed by atoms with Crippen LogP contribution < -0.4 is 0 Å². The maximum Gasteiger partial charge on any atom is 0.306 e. The van der Waals surface area contributed by atoms with E-state index >= 15 is 0 Å². The normalized spacial score (nSPS) is 30.4. The van der Waals surface area contributed by atoms with Crippen molar-refractivity contribution in [2.75, 3.05) is 26.3 Å². The molecule has 0 spiro atoms. The third-order valence-electron chi connectivity index (χ3n) is 4.10. The largest absolute Gasteiger partial charge is 0.481 e. The smallest absolute Gasteiger partial charge is 0.306 e. The first-order valence-electron chi connectivity index (χ1n) is 6.23. The molecule has 0 aliphatic carbocycles. The van der Waals surface area contributed by atoms with Crippen molar-refractivity contribution in [3.63, 3.8) is 0 Å². The van der Waals surface area contributed by atoms with Crippen molar-refractivity contribution in [3.8, 4) is 0 Å². The lowest BCUT2D eigenvalue weighted by Gasteiger charge is -2.37. The fourth-order valence-electron chi connectivity index (χ4n) is 2.79. The molecule has 2 atom stereocenters. The van der Waals surface area contributed by atoms with Crippen LogP contribution in [0.15, 0.2) is 0 Å². The van der Waals surface area contributed by atoms with Crippen LogP contribution in [0.25, 0.3) is 0 Å². The van der Waals surface area contributed by atoms with Crippen LogP contribution in [0.2, 0.25) is 0 Å². The fourth-order valence-corrected chi connectivity index (χ4v) is 2.79. The first kappa shape index (κ1) is 11.9. The first-order valence-corrected chi connectivity index (χ1v) is 6.23. The van der Waals surface area contributed by atoms with Gasteiger partial charge in [-0.3, -0.25) is 4.79 Å². The van der Waals surface area contributed by atoms with Crippen LogP contribution in [-0.2, 0) is 9.53 Å². The van der Waals surface area contributed by atoms with E-state index in [9.17, 15) is 4.79 Å². The maximum absolute atomic E-state index is 10.8. The van der Waals surface area contributed by atoms with Crippen LogP contribution in [0.4, 0.5) is 0 Å². The number of nitrogens with zero attached hydrogens (tertiary/aromatic N) is 1. The number of carboxylic acid groups (broad SMARTS) is 1. The van der Waals surface area contributed by atoms with Gasteiger partial charge in [-0.1, -0.05) is 0 Å². The number of ether oxygens (including phenoxy) is 1. The molecule has 2 aliphatic heterocycles. The zero-order valence-electron chi connectivity index (χ0n) is 9.89. The highest BCUT2D eigenvalue weighted by Crippen LogP contribution is 2.25. The second-order valence-electron chi connectivity index (χ2n) is 5.01. The third kappa shape index (κ3) is 2.55. The lowest BCUT2D eigenvalue weighted by atomic mass is 9.92. The number of piperidine rings is 1. The molecule has 4 heteroatoms. The second kappa shape index (κ2) is 5.15. The van der Waals surface area contributed by atoms with Gasteiger partial charge >= 0.3 is 5.97 Å². The predicted octanol–water partition coefficient (Wildman–Crippen LogP) is 1.21. The van der Waals surface area contributed by atoms with Crippen LogP contribution in [0, 0.1) is 11.8 Å². The molecule has 2 heterocycles. The van der Waals surface area contributed by atoms with E-state index in [-0.39, 0.29) is 5.92 Å². The van der Waals surface area contributed by atoms with E-state index in [0.717, 1.165) is 45.6 Å². The van der Waals surface area contributed by atoms with Crippen LogP contribution in [0.3, 0.4) is 0 Å². The minimum atomic E-state index is -0.628. The molecule has 0 aromatic rings. The van der Waals surface area contributed by atoms with Crippen LogP contribution in [0.5, 0.6) is 0 Å². The Morgan fingerprint density at radius 2 is 2.06 bits per heavy atom. The second-order valence-corrected chi connectivity index (χ2v) is 5.01. The van der Waals surface area contributed by atoms with Crippen LogP contribution in [0.1, 0.15) is 26.2 Å². The van der Waals surface area contributed by atoms with Crippen molar-refractivity contribution < 1.29 is 14.6 Å². The first-order chi connectivity index (χ1) is 7.68. The van der Waals surface area contributed by atoms with Gasteiger partial charge in [0, 0.05) is 12.6 Å². The topological polar surface area (TPSA) is 49.8 Å². The number of carbonyl (C=O) groups is 1. The van der Waals surface area contributed by atoms with Crippen molar-refractivity contribution in [3.05, 3.63) is 0 Å². The van der Waals surface area contributed by atoms with Gasteiger partial charge in [-0.25, -0.2) is 0 Å². The Bertz CT molecular complexity index is 243. The SMILES string of the molecule is CC(C1CCOC1)N1CCC(C(=O)O)CC1. The Kier molecular flexibility index (Phi) is 3.82. The summed E-state index contributed by atoms with van der Waals surface area (Å²) >= 11 is 0. The summed E-state index contributed by atoms with van der Waals surface area (Å²) in [5, 5.41) is 8.94. The van der Waals surface area contributed by atoms with Gasteiger partial charge in [0.15, 0.2) is 0 Å². The summed E-state index contributed by atoms with van der Waals surface area (Å²) in [5.74, 6) is -0.110. The highest BCUT2D eigenvalue weighted by atomic mass is 16.5. The van der Waals surface area contributed by atoms with E-state index in [4.69, 9.17) is 9.84 Å². The van der Waals surface area contributed by atoms with Crippen LogP contribution >= 0.6 is 0 Å². The van der Waals surface area contributed by atoms with Crippen molar-refractivity contribution in [2.45, 2.75) is 32.2 Å². The average Bonchev–Trinajstić information content (AvgIpc) is 2.81. The van der Waals surface area contributed by atoms with Crippen molar-refractivity contribution in [1.29, 1.82) is 0 Å². The van der Waals surface area contributed by atoms with E-state index in [1.54, 1.807) is 0 Å². The summed E-state index contributed by atoms with van der Waals surface area (Å²) in [5.41, 5.74) is 0. The van der Waals surface area contributed by atoms with Gasteiger partial charge in [0.05, 0.1) is 12.5 Å². The van der Waals surface area contributed by atoms with Gasteiger partial charge in [0.2, 0.25) is 0 Å². The molecule has 2 unspecified atom stereocenters. The molecular weight excluding hydrogens is 206 g/mol. The van der Waals surface area contributed by atoms with Crippen molar-refractivity contribution in [1.82, 2.24) is 4.90 Å². The molecule has 0 aromatic heterocycles. The Hall–Kier alpha value is -0.610. The average molecular weight is 227 g/mol. The zero-order chi connectivity index (χ0) is 11.5. The molecule has 0 aromatic carbocycles. The molecule has 0 bridgehead atoms. The standard InChI is InChI=1S/C12H21NO3/c1-9(11-4-7-16-8-11)13-5-2-10(3-6-13)12(14)15/h9-11H,2-8H2,1H3,(H,14,15). The molecule has 1 N–H and O–H groups in total. The van der Waals surface area contributed by atoms with Crippen molar-refractivity contribution in [2.24, 2.45) is 11.8 Å².